The van der Waals surface area contributed by atoms with Crippen LogP contribution in [0.2, 0.25) is 0 Å². The molecule has 1 fully saturated rings. The Kier molecular flexibility index (Phi) is 5.41. The molecule has 7 nitrogen and oxygen atoms in total. The number of aryl methyl sites for hydroxylation is 1. The van der Waals surface area contributed by atoms with Gasteiger partial charge in [-0.05, 0) is 56.0 Å². The van der Waals surface area contributed by atoms with E-state index < -0.39 is 0 Å². The number of hydrogen-bond acceptors (Lipinski definition) is 6. The zero-order valence-electron chi connectivity index (χ0n) is 15.8. The van der Waals surface area contributed by atoms with Gasteiger partial charge < -0.3 is 18.6 Å². The molecule has 1 atom stereocenters. The summed E-state index contributed by atoms with van der Waals surface area (Å²) in [5.41, 5.74) is 1.15. The summed E-state index contributed by atoms with van der Waals surface area (Å²) in [6.45, 7) is 3.14. The van der Waals surface area contributed by atoms with Crippen LogP contribution in [0.1, 0.15) is 53.1 Å². The molecule has 1 aromatic carbocycles. The third kappa shape index (κ3) is 4.08. The molecule has 1 unspecified atom stereocenters. The maximum absolute atomic E-state index is 12.7. The summed E-state index contributed by atoms with van der Waals surface area (Å²) in [6, 6.07) is 11.1. The highest BCUT2D eigenvalue weighted by molar-refractivity contribution is 5.91. The van der Waals surface area contributed by atoms with Crippen molar-refractivity contribution in [1.29, 1.82) is 0 Å². The first kappa shape index (κ1) is 18.3. The Balaban J connectivity index is 1.40. The smallest absolute Gasteiger partial charge is 0.290 e. The van der Waals surface area contributed by atoms with Crippen LogP contribution in [-0.4, -0.2) is 34.1 Å². The minimum absolute atomic E-state index is 0.141. The molecule has 0 aliphatic carbocycles. The van der Waals surface area contributed by atoms with E-state index >= 15 is 0 Å². The molecule has 0 radical (unpaired) electrons. The predicted octanol–water partition coefficient (Wildman–Crippen LogP) is 3.96. The summed E-state index contributed by atoms with van der Waals surface area (Å²) >= 11 is 0. The molecule has 1 amide bonds. The van der Waals surface area contributed by atoms with E-state index in [-0.39, 0.29) is 11.9 Å². The van der Waals surface area contributed by atoms with Crippen LogP contribution in [0.15, 0.2) is 51.6 Å². The number of benzene rings is 1. The number of piperidine rings is 1. The number of likely N-dealkylation sites (tertiary alicyclic amines) is 1. The van der Waals surface area contributed by atoms with Crippen molar-refractivity contribution in [2.24, 2.45) is 0 Å². The van der Waals surface area contributed by atoms with Gasteiger partial charge in [-0.15, -0.1) is 0 Å². The average molecular weight is 381 g/mol. The Labute approximate surface area is 163 Å². The van der Waals surface area contributed by atoms with Crippen molar-refractivity contribution in [3.63, 3.8) is 0 Å². The molecule has 0 saturated carbocycles. The monoisotopic (exact) mass is 381 g/mol. The summed E-state index contributed by atoms with van der Waals surface area (Å²) in [5, 5.41) is 4.07. The number of nitrogens with zero attached hydrogens (tertiary/aromatic N) is 3. The van der Waals surface area contributed by atoms with Crippen molar-refractivity contribution < 1.29 is 18.5 Å². The van der Waals surface area contributed by atoms with E-state index in [2.05, 4.69) is 10.1 Å². The fraction of sp³-hybridized carbons (Fsp3) is 0.381. The van der Waals surface area contributed by atoms with Crippen LogP contribution < -0.4 is 4.74 Å². The van der Waals surface area contributed by atoms with Crippen LogP contribution in [-0.2, 0) is 6.42 Å². The van der Waals surface area contributed by atoms with Crippen LogP contribution >= 0.6 is 0 Å². The highest BCUT2D eigenvalue weighted by Crippen LogP contribution is 2.31. The van der Waals surface area contributed by atoms with Crippen LogP contribution in [0.5, 0.6) is 5.75 Å². The van der Waals surface area contributed by atoms with Crippen molar-refractivity contribution in [3.8, 4) is 5.75 Å². The summed E-state index contributed by atoms with van der Waals surface area (Å²) < 4.78 is 16.5. The van der Waals surface area contributed by atoms with Gasteiger partial charge in [0.05, 0.1) is 12.9 Å². The first-order valence-corrected chi connectivity index (χ1v) is 9.57. The summed E-state index contributed by atoms with van der Waals surface area (Å²) in [5.74, 6) is 2.07. The molecule has 2 aromatic heterocycles. The topological polar surface area (TPSA) is 81.6 Å². The number of furan rings is 1. The normalized spacial score (nSPS) is 16.9. The molecule has 28 heavy (non-hydrogen) atoms. The third-order valence-corrected chi connectivity index (χ3v) is 4.85. The Morgan fingerprint density at radius 3 is 3.04 bits per heavy atom. The van der Waals surface area contributed by atoms with Gasteiger partial charge in [-0.3, -0.25) is 4.79 Å². The number of aromatic nitrogens is 2. The second-order valence-electron chi connectivity index (χ2n) is 6.95. The van der Waals surface area contributed by atoms with Crippen LogP contribution in [0.4, 0.5) is 0 Å². The largest absolute Gasteiger partial charge is 0.493 e. The molecule has 0 bridgehead atoms. The molecule has 1 saturated heterocycles. The van der Waals surface area contributed by atoms with E-state index in [1.807, 2.05) is 31.2 Å². The van der Waals surface area contributed by atoms with Crippen molar-refractivity contribution in [2.45, 2.75) is 38.6 Å². The molecule has 1 aliphatic rings. The quantitative estimate of drug-likeness (QED) is 0.643. The second-order valence-corrected chi connectivity index (χ2v) is 6.95. The lowest BCUT2D eigenvalue weighted by molar-refractivity contribution is 0.0529. The highest BCUT2D eigenvalue weighted by Gasteiger charge is 2.33. The molecule has 7 heteroatoms. The zero-order valence-corrected chi connectivity index (χ0v) is 15.8. The summed E-state index contributed by atoms with van der Waals surface area (Å²) in [7, 11) is 0. The molecule has 4 rings (SSSR count). The second kappa shape index (κ2) is 8.29. The molecule has 146 valence electrons. The van der Waals surface area contributed by atoms with Gasteiger partial charge in [-0.1, -0.05) is 17.3 Å². The van der Waals surface area contributed by atoms with Crippen molar-refractivity contribution >= 4 is 5.91 Å². The van der Waals surface area contributed by atoms with E-state index in [1.165, 1.54) is 6.26 Å². The lowest BCUT2D eigenvalue weighted by atomic mass is 10.0. The Hall–Kier alpha value is -3.09. The van der Waals surface area contributed by atoms with E-state index in [0.717, 1.165) is 30.6 Å². The Morgan fingerprint density at radius 2 is 2.21 bits per heavy atom. The van der Waals surface area contributed by atoms with Crippen molar-refractivity contribution in [2.75, 3.05) is 13.2 Å². The van der Waals surface area contributed by atoms with E-state index in [1.54, 1.807) is 17.0 Å². The van der Waals surface area contributed by atoms with Gasteiger partial charge in [0.15, 0.2) is 11.6 Å². The van der Waals surface area contributed by atoms with Gasteiger partial charge in [0.25, 0.3) is 5.91 Å². The number of hydrogen-bond donors (Lipinski definition) is 0. The number of ether oxygens (including phenoxy) is 1. The van der Waals surface area contributed by atoms with Crippen LogP contribution in [0.25, 0.3) is 0 Å². The molecule has 3 heterocycles. The van der Waals surface area contributed by atoms with Gasteiger partial charge in [-0.2, -0.15) is 4.98 Å². The number of carbonyl (C=O) groups is 1. The average Bonchev–Trinajstić information content (AvgIpc) is 3.40. The fourth-order valence-electron chi connectivity index (χ4n) is 3.44. The Bertz CT molecular complexity index is 919. The fourth-order valence-corrected chi connectivity index (χ4v) is 3.44. The van der Waals surface area contributed by atoms with Gasteiger partial charge in [0, 0.05) is 13.0 Å². The highest BCUT2D eigenvalue weighted by atomic mass is 16.5. The van der Waals surface area contributed by atoms with Gasteiger partial charge in [0.2, 0.25) is 5.89 Å². The first-order valence-electron chi connectivity index (χ1n) is 9.57. The van der Waals surface area contributed by atoms with Crippen LogP contribution in [0.3, 0.4) is 0 Å². The first-order chi connectivity index (χ1) is 13.7. The van der Waals surface area contributed by atoms with Crippen LogP contribution in [0, 0.1) is 6.92 Å². The molecule has 0 N–H and O–H groups in total. The number of amides is 1. The summed E-state index contributed by atoms with van der Waals surface area (Å²) in [6.07, 6.45) is 4.81. The standard InChI is InChI=1S/C21H23N3O4/c1-15-6-4-7-16(14-15)26-13-10-19-22-20(28-23-19)17-8-2-3-11-24(17)21(25)18-9-5-12-27-18/h4-7,9,12,14,17H,2-3,8,10-11,13H2,1H3. The van der Waals surface area contributed by atoms with Gasteiger partial charge in [-0.25, -0.2) is 0 Å². The van der Waals surface area contributed by atoms with E-state index in [4.69, 9.17) is 13.7 Å². The third-order valence-electron chi connectivity index (χ3n) is 4.85. The summed E-state index contributed by atoms with van der Waals surface area (Å²) in [4.78, 5) is 19.0. The van der Waals surface area contributed by atoms with Crippen molar-refractivity contribution in [1.82, 2.24) is 15.0 Å². The maximum atomic E-state index is 12.7. The minimum atomic E-state index is -0.217. The zero-order chi connectivity index (χ0) is 19.3. The maximum Gasteiger partial charge on any atom is 0.290 e. The number of rotatable bonds is 6. The molecular weight excluding hydrogens is 358 g/mol. The van der Waals surface area contributed by atoms with Gasteiger partial charge in [0.1, 0.15) is 11.8 Å². The molecular formula is C21H23N3O4. The lowest BCUT2D eigenvalue weighted by Crippen LogP contribution is -2.38. The Morgan fingerprint density at radius 1 is 1.29 bits per heavy atom. The SMILES string of the molecule is Cc1cccc(OCCc2noc(C3CCCCN3C(=O)c3ccco3)n2)c1. The predicted molar refractivity (Wildman–Crippen MR) is 101 cm³/mol. The lowest BCUT2D eigenvalue weighted by Gasteiger charge is -2.32. The van der Waals surface area contributed by atoms with Crippen molar-refractivity contribution in [3.05, 3.63) is 65.7 Å². The molecule has 3 aromatic rings. The van der Waals surface area contributed by atoms with E-state index in [9.17, 15) is 4.79 Å². The minimum Gasteiger partial charge on any atom is -0.493 e. The number of carbonyl (C=O) groups excluding carboxylic acids is 1. The van der Waals surface area contributed by atoms with E-state index in [0.29, 0.717) is 37.0 Å². The molecule has 0 spiro atoms. The molecule has 1 aliphatic heterocycles. The van der Waals surface area contributed by atoms with Gasteiger partial charge >= 0.3 is 0 Å².